The zero-order valence-electron chi connectivity index (χ0n) is 15.1. The fourth-order valence-corrected chi connectivity index (χ4v) is 1.49. The van der Waals surface area contributed by atoms with Crippen molar-refractivity contribution in [3.05, 3.63) is 0 Å². The predicted octanol–water partition coefficient (Wildman–Crippen LogP) is -0.106. The molecule has 0 aromatic carbocycles. The number of Topliss-reactive ketones (excluding diaryl/α,β-unsaturated/α-hetero) is 1. The van der Waals surface area contributed by atoms with E-state index in [1.807, 2.05) is 7.05 Å². The molecule has 0 atom stereocenters. The Kier molecular flexibility index (Phi) is 19.9. The summed E-state index contributed by atoms with van der Waals surface area (Å²) in [6, 6.07) is 0. The minimum absolute atomic E-state index is 0.0154. The van der Waals surface area contributed by atoms with Crippen LogP contribution in [0.2, 0.25) is 0 Å². The lowest BCUT2D eigenvalue weighted by atomic mass is 10.5. The number of rotatable bonds is 20. The van der Waals surface area contributed by atoms with E-state index in [0.29, 0.717) is 72.7 Å². The highest BCUT2D eigenvalue weighted by Gasteiger charge is 1.95. The van der Waals surface area contributed by atoms with Crippen molar-refractivity contribution in [1.82, 2.24) is 5.32 Å². The second-order valence-electron chi connectivity index (χ2n) is 4.92. The second-order valence-corrected chi connectivity index (χ2v) is 4.92. The summed E-state index contributed by atoms with van der Waals surface area (Å²) in [5, 5.41) is 3.00. The van der Waals surface area contributed by atoms with E-state index in [4.69, 9.17) is 28.4 Å². The van der Waals surface area contributed by atoms with E-state index in [1.54, 1.807) is 0 Å². The topological polar surface area (TPSA) is 84.5 Å². The smallest absolute Gasteiger partial charge is 0.155 e. The van der Waals surface area contributed by atoms with Crippen molar-refractivity contribution in [3.63, 3.8) is 0 Å². The van der Waals surface area contributed by atoms with Gasteiger partial charge in [0.05, 0.1) is 72.7 Å². The third-order valence-electron chi connectivity index (χ3n) is 2.66. The van der Waals surface area contributed by atoms with Gasteiger partial charge in [-0.1, -0.05) is 0 Å². The molecule has 1 N–H and O–H groups in total. The molecule has 0 spiro atoms. The van der Waals surface area contributed by atoms with Gasteiger partial charge in [-0.3, -0.25) is 4.79 Å². The van der Waals surface area contributed by atoms with Crippen molar-refractivity contribution in [2.24, 2.45) is 0 Å². The van der Waals surface area contributed by atoms with Gasteiger partial charge in [0.2, 0.25) is 0 Å². The Morgan fingerprint density at radius 3 is 1.29 bits per heavy atom. The van der Waals surface area contributed by atoms with Crippen LogP contribution in [0.3, 0.4) is 0 Å². The lowest BCUT2D eigenvalue weighted by Crippen LogP contribution is -2.17. The second kappa shape index (κ2) is 20.4. The van der Waals surface area contributed by atoms with E-state index in [0.717, 1.165) is 6.54 Å². The minimum Gasteiger partial charge on any atom is -0.378 e. The molecule has 0 amide bonds. The lowest BCUT2D eigenvalue weighted by Gasteiger charge is -2.08. The molecule has 8 heteroatoms. The number of ether oxygens (including phenoxy) is 6. The first kappa shape index (κ1) is 23.4. The average molecular weight is 351 g/mol. The molecule has 0 saturated carbocycles. The van der Waals surface area contributed by atoms with Crippen LogP contribution >= 0.6 is 0 Å². The van der Waals surface area contributed by atoms with Crippen LogP contribution in [0.15, 0.2) is 0 Å². The Morgan fingerprint density at radius 2 is 0.958 bits per heavy atom. The highest BCUT2D eigenvalue weighted by atomic mass is 16.6. The van der Waals surface area contributed by atoms with Gasteiger partial charge in [-0.2, -0.15) is 0 Å². The largest absolute Gasteiger partial charge is 0.378 e. The molecule has 0 aromatic heterocycles. The van der Waals surface area contributed by atoms with E-state index >= 15 is 0 Å². The Bertz CT molecular complexity index is 267. The van der Waals surface area contributed by atoms with Gasteiger partial charge in [-0.05, 0) is 14.0 Å². The number of ketones is 1. The molecular formula is C16H33NO7. The van der Waals surface area contributed by atoms with Crippen molar-refractivity contribution in [2.75, 3.05) is 92.9 Å². The maximum atomic E-state index is 10.6. The summed E-state index contributed by atoms with van der Waals surface area (Å²) in [7, 11) is 1.89. The van der Waals surface area contributed by atoms with E-state index in [9.17, 15) is 4.79 Å². The molecule has 0 radical (unpaired) electrons. The molecule has 0 bridgehead atoms. The van der Waals surface area contributed by atoms with Crippen molar-refractivity contribution in [3.8, 4) is 0 Å². The molecule has 0 aliphatic heterocycles. The Balaban J connectivity index is 2.97. The van der Waals surface area contributed by atoms with Gasteiger partial charge < -0.3 is 33.7 Å². The summed E-state index contributed by atoms with van der Waals surface area (Å²) < 4.78 is 31.7. The summed E-state index contributed by atoms with van der Waals surface area (Å²) in [4.78, 5) is 10.6. The number of nitrogens with one attached hydrogen (secondary N) is 1. The van der Waals surface area contributed by atoms with Gasteiger partial charge in [0.15, 0.2) is 5.78 Å². The Labute approximate surface area is 145 Å². The molecule has 0 aliphatic rings. The molecule has 8 nitrogen and oxygen atoms in total. The summed E-state index contributed by atoms with van der Waals surface area (Å²) >= 11 is 0. The molecule has 0 fully saturated rings. The molecule has 0 aliphatic carbocycles. The van der Waals surface area contributed by atoms with Crippen LogP contribution < -0.4 is 5.32 Å². The number of carbonyl (C=O) groups excluding carboxylic acids is 1. The quantitative estimate of drug-likeness (QED) is 0.304. The van der Waals surface area contributed by atoms with Crippen LogP contribution in [0.1, 0.15) is 6.92 Å². The zero-order valence-corrected chi connectivity index (χ0v) is 15.1. The molecular weight excluding hydrogens is 318 g/mol. The highest BCUT2D eigenvalue weighted by molar-refractivity contribution is 5.76. The van der Waals surface area contributed by atoms with E-state index in [-0.39, 0.29) is 12.4 Å². The van der Waals surface area contributed by atoms with Crippen LogP contribution in [-0.4, -0.2) is 98.7 Å². The van der Waals surface area contributed by atoms with Crippen LogP contribution in [0, 0.1) is 0 Å². The molecule has 0 rings (SSSR count). The SMILES string of the molecule is CNCCOCCOCCOCCOCCOCCOCC(C)=O. The Morgan fingerprint density at radius 1 is 0.625 bits per heavy atom. The number of hydrogen-bond donors (Lipinski definition) is 1. The fraction of sp³-hybridized carbons (Fsp3) is 0.938. The fourth-order valence-electron chi connectivity index (χ4n) is 1.49. The Hall–Kier alpha value is -0.610. The highest BCUT2D eigenvalue weighted by Crippen LogP contribution is 1.84. The minimum atomic E-state index is 0.0154. The number of likely N-dealkylation sites (N-methyl/N-ethyl adjacent to an activating group) is 1. The average Bonchev–Trinajstić information content (AvgIpc) is 2.56. The van der Waals surface area contributed by atoms with Crippen LogP contribution in [0.25, 0.3) is 0 Å². The summed E-state index contributed by atoms with van der Waals surface area (Å²) in [6.45, 7) is 8.41. The van der Waals surface area contributed by atoms with Crippen molar-refractivity contribution < 1.29 is 33.2 Å². The van der Waals surface area contributed by atoms with E-state index in [2.05, 4.69) is 5.32 Å². The van der Waals surface area contributed by atoms with Crippen LogP contribution in [0.5, 0.6) is 0 Å². The van der Waals surface area contributed by atoms with Crippen LogP contribution in [0.4, 0.5) is 0 Å². The van der Waals surface area contributed by atoms with Gasteiger partial charge in [0.25, 0.3) is 0 Å². The molecule has 0 unspecified atom stereocenters. The van der Waals surface area contributed by atoms with E-state index < -0.39 is 0 Å². The zero-order chi connectivity index (χ0) is 17.7. The number of hydrogen-bond acceptors (Lipinski definition) is 8. The standard InChI is InChI=1S/C16H33NO7/c1-16(18)15-24-14-13-23-12-11-22-10-9-21-8-7-20-6-5-19-4-3-17-2/h17H,3-15H2,1-2H3. The van der Waals surface area contributed by atoms with Gasteiger partial charge >= 0.3 is 0 Å². The first-order valence-corrected chi connectivity index (χ1v) is 8.38. The lowest BCUT2D eigenvalue weighted by molar-refractivity contribution is -0.122. The van der Waals surface area contributed by atoms with Crippen LogP contribution in [-0.2, 0) is 33.2 Å². The molecule has 0 heterocycles. The van der Waals surface area contributed by atoms with Gasteiger partial charge in [0, 0.05) is 6.54 Å². The number of carbonyl (C=O) groups is 1. The summed E-state index contributed by atoms with van der Waals surface area (Å²) in [5.74, 6) is 0.0154. The maximum Gasteiger partial charge on any atom is 0.155 e. The van der Waals surface area contributed by atoms with Gasteiger partial charge in [0.1, 0.15) is 6.61 Å². The summed E-state index contributed by atoms with van der Waals surface area (Å²) in [6.07, 6.45) is 0. The molecule has 144 valence electrons. The first-order valence-electron chi connectivity index (χ1n) is 8.38. The van der Waals surface area contributed by atoms with Crippen molar-refractivity contribution in [1.29, 1.82) is 0 Å². The third kappa shape index (κ3) is 21.4. The normalized spacial score (nSPS) is 11.1. The molecule has 0 aromatic rings. The van der Waals surface area contributed by atoms with E-state index in [1.165, 1.54) is 6.92 Å². The van der Waals surface area contributed by atoms with Crippen molar-refractivity contribution in [2.45, 2.75) is 6.92 Å². The van der Waals surface area contributed by atoms with Gasteiger partial charge in [-0.25, -0.2) is 0 Å². The monoisotopic (exact) mass is 351 g/mol. The molecule has 24 heavy (non-hydrogen) atoms. The van der Waals surface area contributed by atoms with Crippen molar-refractivity contribution >= 4 is 5.78 Å². The molecule has 0 saturated heterocycles. The first-order chi connectivity index (χ1) is 11.8. The predicted molar refractivity (Wildman–Crippen MR) is 89.5 cm³/mol. The maximum absolute atomic E-state index is 10.6. The van der Waals surface area contributed by atoms with Gasteiger partial charge in [-0.15, -0.1) is 0 Å². The third-order valence-corrected chi connectivity index (χ3v) is 2.66. The summed E-state index contributed by atoms with van der Waals surface area (Å²) in [5.41, 5.74) is 0.